The van der Waals surface area contributed by atoms with Crippen LogP contribution in [-0.4, -0.2) is 21.3 Å². The number of hydrogen-bond donors (Lipinski definition) is 2. The molecule has 0 radical (unpaired) electrons. The number of halogens is 1. The standard InChI is InChI=1S/C9H9FN2O2/c1-5-4-12-8(10)2-6(5)9(14)7(13)3-11/h2,4,7,9,13-14H,1H3. The van der Waals surface area contributed by atoms with Crippen molar-refractivity contribution in [3.05, 3.63) is 29.3 Å². The Labute approximate surface area is 80.3 Å². The van der Waals surface area contributed by atoms with Crippen molar-refractivity contribution in [3.63, 3.8) is 0 Å². The molecule has 2 N–H and O–H groups in total. The Bertz CT molecular complexity index is 376. The van der Waals surface area contributed by atoms with E-state index in [4.69, 9.17) is 10.4 Å². The van der Waals surface area contributed by atoms with Gasteiger partial charge in [-0.05, 0) is 24.1 Å². The SMILES string of the molecule is Cc1cnc(F)cc1C(O)C(O)C#N. The number of aliphatic hydroxyl groups excluding tert-OH is 2. The number of pyridine rings is 1. The van der Waals surface area contributed by atoms with Crippen molar-refractivity contribution in [2.75, 3.05) is 0 Å². The molecule has 0 bridgehead atoms. The van der Waals surface area contributed by atoms with Gasteiger partial charge in [0.25, 0.3) is 0 Å². The minimum absolute atomic E-state index is 0.173. The average molecular weight is 196 g/mol. The first kappa shape index (κ1) is 10.6. The lowest BCUT2D eigenvalue weighted by Gasteiger charge is -2.13. The summed E-state index contributed by atoms with van der Waals surface area (Å²) in [6.07, 6.45) is -1.73. The maximum atomic E-state index is 12.7. The van der Waals surface area contributed by atoms with Crippen molar-refractivity contribution in [1.29, 1.82) is 5.26 Å². The van der Waals surface area contributed by atoms with E-state index in [1.54, 1.807) is 6.92 Å². The van der Waals surface area contributed by atoms with Crippen molar-refractivity contribution >= 4 is 0 Å². The Balaban J connectivity index is 3.07. The quantitative estimate of drug-likeness (QED) is 0.531. The zero-order valence-electron chi connectivity index (χ0n) is 7.48. The molecular weight excluding hydrogens is 187 g/mol. The Morgan fingerprint density at radius 1 is 1.57 bits per heavy atom. The highest BCUT2D eigenvalue weighted by Gasteiger charge is 2.20. The molecule has 1 heterocycles. The third-order valence-electron chi connectivity index (χ3n) is 1.86. The third-order valence-corrected chi connectivity index (χ3v) is 1.86. The molecule has 74 valence electrons. The summed E-state index contributed by atoms with van der Waals surface area (Å²) < 4.78 is 12.7. The number of nitriles is 1. The van der Waals surface area contributed by atoms with Gasteiger partial charge < -0.3 is 10.2 Å². The summed E-state index contributed by atoms with van der Waals surface area (Å²) in [7, 11) is 0. The van der Waals surface area contributed by atoms with Crippen molar-refractivity contribution in [2.45, 2.75) is 19.1 Å². The number of aryl methyl sites for hydroxylation is 1. The van der Waals surface area contributed by atoms with E-state index in [-0.39, 0.29) is 5.56 Å². The van der Waals surface area contributed by atoms with E-state index < -0.39 is 18.2 Å². The zero-order valence-corrected chi connectivity index (χ0v) is 7.48. The summed E-state index contributed by atoms with van der Waals surface area (Å²) in [6.45, 7) is 1.61. The normalized spacial score (nSPS) is 14.5. The van der Waals surface area contributed by atoms with Crippen LogP contribution >= 0.6 is 0 Å². The molecule has 1 rings (SSSR count). The van der Waals surface area contributed by atoms with Gasteiger partial charge in [-0.15, -0.1) is 0 Å². The predicted molar refractivity (Wildman–Crippen MR) is 45.5 cm³/mol. The third kappa shape index (κ3) is 2.05. The molecule has 4 nitrogen and oxygen atoms in total. The van der Waals surface area contributed by atoms with Crippen molar-refractivity contribution in [3.8, 4) is 6.07 Å². The van der Waals surface area contributed by atoms with E-state index in [0.717, 1.165) is 6.07 Å². The molecule has 2 atom stereocenters. The molecule has 0 saturated heterocycles. The maximum Gasteiger partial charge on any atom is 0.213 e. The van der Waals surface area contributed by atoms with Gasteiger partial charge in [0.15, 0.2) is 6.10 Å². The van der Waals surface area contributed by atoms with Crippen molar-refractivity contribution in [1.82, 2.24) is 4.98 Å². The summed E-state index contributed by atoms with van der Waals surface area (Å²) in [5.41, 5.74) is 0.694. The topological polar surface area (TPSA) is 77.1 Å². The minimum atomic E-state index is -1.56. The monoisotopic (exact) mass is 196 g/mol. The number of aliphatic hydroxyl groups is 2. The van der Waals surface area contributed by atoms with E-state index in [2.05, 4.69) is 4.98 Å². The van der Waals surface area contributed by atoms with Crippen molar-refractivity contribution in [2.24, 2.45) is 0 Å². The van der Waals surface area contributed by atoms with Crippen LogP contribution in [0.4, 0.5) is 4.39 Å². The molecule has 2 unspecified atom stereocenters. The molecule has 0 fully saturated rings. The first-order valence-electron chi connectivity index (χ1n) is 3.94. The van der Waals surface area contributed by atoms with Gasteiger partial charge in [0.1, 0.15) is 6.10 Å². The number of rotatable bonds is 2. The van der Waals surface area contributed by atoms with Gasteiger partial charge in [-0.1, -0.05) is 0 Å². The second-order valence-electron chi connectivity index (χ2n) is 2.88. The summed E-state index contributed by atoms with van der Waals surface area (Å²) in [6, 6.07) is 2.47. The molecule has 0 amide bonds. The van der Waals surface area contributed by atoms with Gasteiger partial charge in [-0.2, -0.15) is 9.65 Å². The lowest BCUT2D eigenvalue weighted by Crippen LogP contribution is -2.17. The molecule has 1 aromatic rings. The fourth-order valence-electron chi connectivity index (χ4n) is 1.07. The first-order valence-corrected chi connectivity index (χ1v) is 3.94. The molecule has 14 heavy (non-hydrogen) atoms. The van der Waals surface area contributed by atoms with Crippen LogP contribution in [0.15, 0.2) is 12.3 Å². The molecule has 0 aromatic carbocycles. The highest BCUT2D eigenvalue weighted by atomic mass is 19.1. The van der Waals surface area contributed by atoms with Crippen LogP contribution in [-0.2, 0) is 0 Å². The average Bonchev–Trinajstić information content (AvgIpc) is 2.19. The van der Waals surface area contributed by atoms with Gasteiger partial charge in [0.2, 0.25) is 5.95 Å². The summed E-state index contributed by atoms with van der Waals surface area (Å²) in [5, 5.41) is 26.8. The first-order chi connectivity index (χ1) is 6.56. The van der Waals surface area contributed by atoms with E-state index in [0.29, 0.717) is 5.56 Å². The van der Waals surface area contributed by atoms with Crippen molar-refractivity contribution < 1.29 is 14.6 Å². The van der Waals surface area contributed by atoms with E-state index >= 15 is 0 Å². The molecule has 5 heteroatoms. The highest BCUT2D eigenvalue weighted by molar-refractivity contribution is 5.26. The van der Waals surface area contributed by atoms with Crippen LogP contribution in [0.3, 0.4) is 0 Å². The van der Waals surface area contributed by atoms with Crippen LogP contribution in [0.5, 0.6) is 0 Å². The molecule has 0 aliphatic rings. The number of aromatic nitrogens is 1. The smallest absolute Gasteiger partial charge is 0.213 e. The Hall–Kier alpha value is -1.51. The largest absolute Gasteiger partial charge is 0.385 e. The van der Waals surface area contributed by atoms with E-state index in [1.807, 2.05) is 0 Å². The Morgan fingerprint density at radius 3 is 2.79 bits per heavy atom. The van der Waals surface area contributed by atoms with Gasteiger partial charge in [-0.3, -0.25) is 0 Å². The molecular formula is C9H9FN2O2. The van der Waals surface area contributed by atoms with Crippen LogP contribution in [0.25, 0.3) is 0 Å². The molecule has 1 aromatic heterocycles. The van der Waals surface area contributed by atoms with Gasteiger partial charge in [0, 0.05) is 6.20 Å². The lowest BCUT2D eigenvalue weighted by molar-refractivity contribution is 0.0520. The van der Waals surface area contributed by atoms with Gasteiger partial charge >= 0.3 is 0 Å². The molecule has 0 aliphatic heterocycles. The fourth-order valence-corrected chi connectivity index (χ4v) is 1.07. The summed E-state index contributed by atoms with van der Waals surface area (Å²) in [5.74, 6) is -0.755. The summed E-state index contributed by atoms with van der Waals surface area (Å²) in [4.78, 5) is 3.36. The van der Waals surface area contributed by atoms with Gasteiger partial charge in [-0.25, -0.2) is 4.98 Å². The number of nitrogens with zero attached hydrogens (tertiary/aromatic N) is 2. The van der Waals surface area contributed by atoms with E-state index in [1.165, 1.54) is 12.3 Å². The second kappa shape index (κ2) is 4.13. The van der Waals surface area contributed by atoms with E-state index in [9.17, 15) is 9.50 Å². The number of hydrogen-bond acceptors (Lipinski definition) is 4. The second-order valence-corrected chi connectivity index (χ2v) is 2.88. The van der Waals surface area contributed by atoms with Crippen LogP contribution in [0.2, 0.25) is 0 Å². The Kier molecular flexibility index (Phi) is 3.12. The van der Waals surface area contributed by atoms with Crippen LogP contribution in [0.1, 0.15) is 17.2 Å². The lowest BCUT2D eigenvalue weighted by atomic mass is 10.0. The molecule has 0 saturated carbocycles. The molecule has 0 spiro atoms. The molecule has 0 aliphatic carbocycles. The highest BCUT2D eigenvalue weighted by Crippen LogP contribution is 2.20. The minimum Gasteiger partial charge on any atom is -0.385 e. The van der Waals surface area contributed by atoms with Gasteiger partial charge in [0.05, 0.1) is 6.07 Å². The van der Waals surface area contributed by atoms with Crippen LogP contribution in [0, 0.1) is 24.2 Å². The van der Waals surface area contributed by atoms with Crippen LogP contribution < -0.4 is 0 Å². The Morgan fingerprint density at radius 2 is 2.21 bits per heavy atom. The maximum absolute atomic E-state index is 12.7. The fraction of sp³-hybridized carbons (Fsp3) is 0.333. The summed E-state index contributed by atoms with van der Waals surface area (Å²) >= 11 is 0. The zero-order chi connectivity index (χ0) is 10.7. The predicted octanol–water partition coefficient (Wildman–Crippen LogP) is 0.447.